The number of aryl methyl sites for hydroxylation is 1. The minimum Gasteiger partial charge on any atom is -0.480 e. The van der Waals surface area contributed by atoms with E-state index in [1.807, 2.05) is 24.0 Å². The van der Waals surface area contributed by atoms with Crippen molar-refractivity contribution in [3.63, 3.8) is 0 Å². The van der Waals surface area contributed by atoms with E-state index in [1.54, 1.807) is 17.9 Å². The zero-order valence-electron chi connectivity index (χ0n) is 12.2. The molecule has 1 aliphatic rings. The van der Waals surface area contributed by atoms with E-state index in [9.17, 15) is 9.59 Å². The number of nitrogens with zero attached hydrogens (tertiary/aromatic N) is 2. The number of hydrogen-bond acceptors (Lipinski definition) is 3. The predicted octanol–water partition coefficient (Wildman–Crippen LogP) is 1.88. The molecule has 0 bridgehead atoms. The molecule has 0 radical (unpaired) electrons. The Hall–Kier alpha value is -1.59. The third kappa shape index (κ3) is 3.36. The van der Waals surface area contributed by atoms with Crippen LogP contribution in [0.15, 0.2) is 18.2 Å². The lowest BCUT2D eigenvalue weighted by atomic mass is 10.1. The van der Waals surface area contributed by atoms with Crippen LogP contribution in [0.5, 0.6) is 0 Å². The van der Waals surface area contributed by atoms with E-state index in [0.29, 0.717) is 36.8 Å². The van der Waals surface area contributed by atoms with Crippen molar-refractivity contribution in [1.82, 2.24) is 9.80 Å². The van der Waals surface area contributed by atoms with Gasteiger partial charge in [-0.2, -0.15) is 0 Å². The first-order valence-electron chi connectivity index (χ1n) is 6.93. The summed E-state index contributed by atoms with van der Waals surface area (Å²) in [5.41, 5.74) is 1.39. The molecular weight excluding hydrogens is 292 g/mol. The van der Waals surface area contributed by atoms with Crippen molar-refractivity contribution in [3.8, 4) is 0 Å². The molecule has 1 aliphatic heterocycles. The minimum absolute atomic E-state index is 0.0914. The van der Waals surface area contributed by atoms with Crippen LogP contribution in [0.4, 0.5) is 0 Å². The van der Waals surface area contributed by atoms with E-state index in [-0.39, 0.29) is 5.91 Å². The SMILES string of the molecule is Cc1cccc(C(=O)N2CCN(C(C)C(=O)O)CC2)c1Cl. The molecule has 2 rings (SSSR count). The van der Waals surface area contributed by atoms with E-state index in [1.165, 1.54) is 0 Å². The van der Waals surface area contributed by atoms with Crippen LogP contribution in [0.2, 0.25) is 5.02 Å². The summed E-state index contributed by atoms with van der Waals surface area (Å²) in [7, 11) is 0. The number of rotatable bonds is 3. The van der Waals surface area contributed by atoms with Crippen molar-refractivity contribution in [2.24, 2.45) is 0 Å². The van der Waals surface area contributed by atoms with Gasteiger partial charge in [0.25, 0.3) is 5.91 Å². The number of carbonyl (C=O) groups excluding carboxylic acids is 1. The molecule has 1 aromatic carbocycles. The number of carbonyl (C=O) groups is 2. The van der Waals surface area contributed by atoms with Crippen LogP contribution in [0.3, 0.4) is 0 Å². The Labute approximate surface area is 129 Å². The van der Waals surface area contributed by atoms with Gasteiger partial charge in [0.2, 0.25) is 0 Å². The lowest BCUT2D eigenvalue weighted by Crippen LogP contribution is -2.53. The van der Waals surface area contributed by atoms with Gasteiger partial charge in [-0.05, 0) is 25.5 Å². The highest BCUT2D eigenvalue weighted by molar-refractivity contribution is 6.34. The maximum absolute atomic E-state index is 12.5. The molecule has 5 nitrogen and oxygen atoms in total. The monoisotopic (exact) mass is 310 g/mol. The lowest BCUT2D eigenvalue weighted by Gasteiger charge is -2.36. The number of aliphatic carboxylic acids is 1. The van der Waals surface area contributed by atoms with Crippen molar-refractivity contribution in [3.05, 3.63) is 34.3 Å². The molecule has 0 aromatic heterocycles. The molecule has 1 amide bonds. The van der Waals surface area contributed by atoms with Gasteiger partial charge >= 0.3 is 5.97 Å². The van der Waals surface area contributed by atoms with E-state index < -0.39 is 12.0 Å². The number of carboxylic acids is 1. The van der Waals surface area contributed by atoms with Crippen LogP contribution >= 0.6 is 11.6 Å². The van der Waals surface area contributed by atoms with E-state index in [4.69, 9.17) is 16.7 Å². The van der Waals surface area contributed by atoms with Crippen molar-refractivity contribution >= 4 is 23.5 Å². The van der Waals surface area contributed by atoms with Gasteiger partial charge in [0.15, 0.2) is 0 Å². The summed E-state index contributed by atoms with van der Waals surface area (Å²) in [5, 5.41) is 9.50. The fraction of sp³-hybridized carbons (Fsp3) is 0.467. The van der Waals surface area contributed by atoms with Gasteiger partial charge in [0.05, 0.1) is 10.6 Å². The number of benzene rings is 1. The molecule has 1 unspecified atom stereocenters. The Morgan fingerprint density at radius 1 is 1.24 bits per heavy atom. The van der Waals surface area contributed by atoms with Crippen LogP contribution in [0.1, 0.15) is 22.8 Å². The van der Waals surface area contributed by atoms with Crippen LogP contribution < -0.4 is 0 Å². The number of piperazine rings is 1. The van der Waals surface area contributed by atoms with Crippen molar-refractivity contribution < 1.29 is 14.7 Å². The number of hydrogen-bond donors (Lipinski definition) is 1. The summed E-state index contributed by atoms with van der Waals surface area (Å²) in [6.07, 6.45) is 0. The zero-order valence-corrected chi connectivity index (χ0v) is 12.9. The summed E-state index contributed by atoms with van der Waals surface area (Å²) in [6, 6.07) is 4.89. The molecule has 1 heterocycles. The predicted molar refractivity (Wildman–Crippen MR) is 80.8 cm³/mol. The average molecular weight is 311 g/mol. The molecule has 0 spiro atoms. The lowest BCUT2D eigenvalue weighted by molar-refractivity contribution is -0.143. The number of amides is 1. The minimum atomic E-state index is -0.837. The molecule has 1 atom stereocenters. The van der Waals surface area contributed by atoms with E-state index in [2.05, 4.69) is 0 Å². The first-order chi connectivity index (χ1) is 9.91. The van der Waals surface area contributed by atoms with Crippen LogP contribution in [-0.4, -0.2) is 59.0 Å². The van der Waals surface area contributed by atoms with Gasteiger partial charge in [-0.15, -0.1) is 0 Å². The maximum Gasteiger partial charge on any atom is 0.320 e. The number of halogens is 1. The third-order valence-corrected chi connectivity index (χ3v) is 4.43. The summed E-state index contributed by atoms with van der Waals surface area (Å²) < 4.78 is 0. The van der Waals surface area contributed by atoms with Crippen molar-refractivity contribution in [2.45, 2.75) is 19.9 Å². The number of carboxylic acid groups (broad SMARTS) is 1. The van der Waals surface area contributed by atoms with Crippen molar-refractivity contribution in [1.29, 1.82) is 0 Å². The molecule has 0 aliphatic carbocycles. The van der Waals surface area contributed by atoms with Gasteiger partial charge in [-0.1, -0.05) is 23.7 Å². The summed E-state index contributed by atoms with van der Waals surface area (Å²) in [6.45, 7) is 5.68. The maximum atomic E-state index is 12.5. The second-order valence-electron chi connectivity index (χ2n) is 5.28. The summed E-state index contributed by atoms with van der Waals surface area (Å²) >= 11 is 6.19. The smallest absolute Gasteiger partial charge is 0.320 e. The standard InChI is InChI=1S/C15H19ClN2O3/c1-10-4-3-5-12(13(10)16)14(19)18-8-6-17(7-9-18)11(2)15(20)21/h3-5,11H,6-9H2,1-2H3,(H,20,21). The largest absolute Gasteiger partial charge is 0.480 e. The normalized spacial score (nSPS) is 17.6. The molecule has 1 saturated heterocycles. The quantitative estimate of drug-likeness (QED) is 0.926. The Morgan fingerprint density at radius 3 is 2.43 bits per heavy atom. The Kier molecular flexibility index (Phi) is 4.85. The molecule has 114 valence electrons. The van der Waals surface area contributed by atoms with E-state index >= 15 is 0 Å². The fourth-order valence-corrected chi connectivity index (χ4v) is 2.66. The fourth-order valence-electron chi connectivity index (χ4n) is 2.45. The van der Waals surface area contributed by atoms with Gasteiger partial charge in [-0.3, -0.25) is 14.5 Å². The Morgan fingerprint density at radius 2 is 1.86 bits per heavy atom. The Bertz CT molecular complexity index is 554. The van der Waals surface area contributed by atoms with Gasteiger partial charge in [-0.25, -0.2) is 0 Å². The van der Waals surface area contributed by atoms with Gasteiger partial charge in [0, 0.05) is 26.2 Å². The van der Waals surface area contributed by atoms with Crippen LogP contribution in [0, 0.1) is 6.92 Å². The van der Waals surface area contributed by atoms with E-state index in [0.717, 1.165) is 5.56 Å². The molecule has 21 heavy (non-hydrogen) atoms. The first-order valence-corrected chi connectivity index (χ1v) is 7.31. The van der Waals surface area contributed by atoms with Gasteiger partial charge in [0.1, 0.15) is 6.04 Å². The van der Waals surface area contributed by atoms with Crippen LogP contribution in [0.25, 0.3) is 0 Å². The topological polar surface area (TPSA) is 60.9 Å². The highest BCUT2D eigenvalue weighted by atomic mass is 35.5. The molecule has 1 fully saturated rings. The highest BCUT2D eigenvalue weighted by Gasteiger charge is 2.28. The Balaban J connectivity index is 2.04. The molecule has 1 N–H and O–H groups in total. The summed E-state index contributed by atoms with van der Waals surface area (Å²) in [4.78, 5) is 27.1. The summed E-state index contributed by atoms with van der Waals surface area (Å²) in [5.74, 6) is -0.928. The van der Waals surface area contributed by atoms with Gasteiger partial charge < -0.3 is 10.0 Å². The molecule has 6 heteroatoms. The molecule has 1 aromatic rings. The highest BCUT2D eigenvalue weighted by Crippen LogP contribution is 2.22. The zero-order chi connectivity index (χ0) is 15.6. The molecule has 0 saturated carbocycles. The average Bonchev–Trinajstić information content (AvgIpc) is 2.48. The first kappa shape index (κ1) is 15.8. The second-order valence-corrected chi connectivity index (χ2v) is 5.66. The van der Waals surface area contributed by atoms with Crippen molar-refractivity contribution in [2.75, 3.05) is 26.2 Å². The second kappa shape index (κ2) is 6.45. The molecular formula is C15H19ClN2O3. The van der Waals surface area contributed by atoms with Crippen LogP contribution in [-0.2, 0) is 4.79 Å². The third-order valence-electron chi connectivity index (χ3n) is 3.93.